The normalized spacial score (nSPS) is 14.7. The highest BCUT2D eigenvalue weighted by Gasteiger charge is 2.10. The molecule has 0 bridgehead atoms. The molecule has 108 valence electrons. The molecular formula is C16H18N4O. The van der Waals surface area contributed by atoms with Crippen molar-refractivity contribution in [2.45, 2.75) is 0 Å². The molecule has 0 spiro atoms. The van der Waals surface area contributed by atoms with Gasteiger partial charge in [0.15, 0.2) is 0 Å². The molecule has 2 aromatic rings. The van der Waals surface area contributed by atoms with Crippen LogP contribution in [0.4, 0.5) is 0 Å². The molecule has 1 aliphatic heterocycles. The fourth-order valence-corrected chi connectivity index (χ4v) is 2.29. The van der Waals surface area contributed by atoms with E-state index in [1.165, 1.54) is 0 Å². The summed E-state index contributed by atoms with van der Waals surface area (Å²) in [6.45, 7) is 2.05. The number of fused-ring (bicyclic) bond motifs is 1. The number of nitrogens with zero attached hydrogens (tertiary/aromatic N) is 2. The van der Waals surface area contributed by atoms with Crippen LogP contribution < -0.4 is 5.32 Å². The largest absolute Gasteiger partial charge is 0.383 e. The van der Waals surface area contributed by atoms with Crippen LogP contribution in [0.2, 0.25) is 0 Å². The predicted octanol–water partition coefficient (Wildman–Crippen LogP) is 2.15. The Morgan fingerprint density at radius 2 is 2.24 bits per heavy atom. The smallest absolute Gasteiger partial charge is 0.121 e. The summed E-state index contributed by atoms with van der Waals surface area (Å²) in [5.74, 6) is 0.860. The minimum atomic E-state index is 0.654. The number of hydrogen-bond donors (Lipinski definition) is 2. The lowest BCUT2D eigenvalue weighted by atomic mass is 10.1. The molecule has 0 saturated heterocycles. The van der Waals surface area contributed by atoms with Crippen LogP contribution in [0, 0.1) is 0 Å². The van der Waals surface area contributed by atoms with E-state index >= 15 is 0 Å². The second-order valence-corrected chi connectivity index (χ2v) is 4.77. The Morgan fingerprint density at radius 1 is 1.33 bits per heavy atom. The highest BCUT2D eigenvalue weighted by molar-refractivity contribution is 6.04. The molecule has 0 saturated carbocycles. The van der Waals surface area contributed by atoms with Crippen LogP contribution in [0.3, 0.4) is 0 Å². The summed E-state index contributed by atoms with van der Waals surface area (Å²) < 4.78 is 5.05. The van der Waals surface area contributed by atoms with Gasteiger partial charge < -0.3 is 10.1 Å². The number of para-hydroxylation sites is 1. The minimum absolute atomic E-state index is 0.654. The fourth-order valence-electron chi connectivity index (χ4n) is 2.29. The Labute approximate surface area is 123 Å². The van der Waals surface area contributed by atoms with E-state index in [2.05, 4.69) is 32.6 Å². The first-order valence-corrected chi connectivity index (χ1v) is 6.97. The average molecular weight is 282 g/mol. The zero-order valence-electron chi connectivity index (χ0n) is 12.0. The first-order chi connectivity index (χ1) is 10.4. The number of aromatic nitrogens is 2. The van der Waals surface area contributed by atoms with Gasteiger partial charge in [0.1, 0.15) is 11.5 Å². The number of H-pyrrole nitrogens is 1. The van der Waals surface area contributed by atoms with E-state index < -0.39 is 0 Å². The number of allylic oxidation sites excluding steroid dienone is 2. The van der Waals surface area contributed by atoms with Gasteiger partial charge in [-0.05, 0) is 12.1 Å². The summed E-state index contributed by atoms with van der Waals surface area (Å²) in [5.41, 5.74) is 3.04. The Kier molecular flexibility index (Phi) is 4.12. The van der Waals surface area contributed by atoms with Crippen molar-refractivity contribution in [2.24, 2.45) is 4.99 Å². The molecule has 0 fully saturated rings. The van der Waals surface area contributed by atoms with Crippen LogP contribution in [0.5, 0.6) is 0 Å². The van der Waals surface area contributed by atoms with Gasteiger partial charge in [-0.2, -0.15) is 5.10 Å². The summed E-state index contributed by atoms with van der Waals surface area (Å²) in [5, 5.41) is 11.9. The molecule has 2 heterocycles. The van der Waals surface area contributed by atoms with Crippen molar-refractivity contribution in [2.75, 3.05) is 26.8 Å². The summed E-state index contributed by atoms with van der Waals surface area (Å²) in [4.78, 5) is 4.48. The van der Waals surface area contributed by atoms with Gasteiger partial charge in [0.2, 0.25) is 0 Å². The highest BCUT2D eigenvalue weighted by Crippen LogP contribution is 2.24. The second-order valence-electron chi connectivity index (χ2n) is 4.77. The molecule has 0 aliphatic carbocycles. The number of aliphatic imine (C=N–C) groups is 1. The Bertz CT molecular complexity index is 712. The van der Waals surface area contributed by atoms with Crippen LogP contribution in [0.15, 0.2) is 47.5 Å². The van der Waals surface area contributed by atoms with Gasteiger partial charge in [-0.3, -0.25) is 10.1 Å². The number of aromatic amines is 1. The summed E-state index contributed by atoms with van der Waals surface area (Å²) >= 11 is 0. The summed E-state index contributed by atoms with van der Waals surface area (Å²) in [7, 11) is 1.69. The molecule has 0 atom stereocenters. The van der Waals surface area contributed by atoms with Crippen LogP contribution in [0.1, 0.15) is 5.69 Å². The molecule has 1 aromatic carbocycles. The Balaban J connectivity index is 1.90. The van der Waals surface area contributed by atoms with Gasteiger partial charge >= 0.3 is 0 Å². The zero-order valence-corrected chi connectivity index (χ0v) is 12.0. The minimum Gasteiger partial charge on any atom is -0.383 e. The number of ether oxygens (including phenoxy) is 1. The first kappa shape index (κ1) is 13.6. The van der Waals surface area contributed by atoms with Crippen LogP contribution in [-0.4, -0.2) is 42.8 Å². The molecule has 0 amide bonds. The number of methoxy groups -OCH3 is 1. The van der Waals surface area contributed by atoms with E-state index in [-0.39, 0.29) is 0 Å². The molecule has 0 radical (unpaired) electrons. The number of amidine groups is 1. The van der Waals surface area contributed by atoms with E-state index in [1.54, 1.807) is 7.11 Å². The third kappa shape index (κ3) is 3.03. The van der Waals surface area contributed by atoms with E-state index in [1.807, 2.05) is 30.4 Å². The van der Waals surface area contributed by atoms with Gasteiger partial charge in [0.25, 0.3) is 0 Å². The van der Waals surface area contributed by atoms with Gasteiger partial charge in [0.05, 0.1) is 18.7 Å². The first-order valence-electron chi connectivity index (χ1n) is 6.97. The van der Waals surface area contributed by atoms with Gasteiger partial charge in [-0.15, -0.1) is 0 Å². The SMILES string of the molecule is COCCNC1=NCC=CC(c2n[nH]c3ccccc23)=C1. The predicted molar refractivity (Wildman–Crippen MR) is 85.4 cm³/mol. The highest BCUT2D eigenvalue weighted by atomic mass is 16.5. The standard InChI is InChI=1S/C16H18N4O/c1-21-10-9-18-15-11-12(5-4-8-17-15)16-13-6-2-3-7-14(13)19-20-16/h2-7,11H,8-10H2,1H3,(H,17,18)(H,19,20). The average Bonchev–Trinajstić information content (AvgIpc) is 2.80. The Morgan fingerprint density at radius 3 is 3.14 bits per heavy atom. The molecule has 1 aromatic heterocycles. The molecule has 2 N–H and O–H groups in total. The van der Waals surface area contributed by atoms with Gasteiger partial charge in [-0.1, -0.05) is 30.4 Å². The number of nitrogens with one attached hydrogen (secondary N) is 2. The number of benzene rings is 1. The monoisotopic (exact) mass is 282 g/mol. The lowest BCUT2D eigenvalue weighted by Crippen LogP contribution is -2.25. The quantitative estimate of drug-likeness (QED) is 0.845. The molecule has 3 rings (SSSR count). The van der Waals surface area contributed by atoms with E-state index in [0.717, 1.165) is 34.6 Å². The lowest BCUT2D eigenvalue weighted by Gasteiger charge is -2.05. The third-order valence-electron chi connectivity index (χ3n) is 3.31. The molecule has 21 heavy (non-hydrogen) atoms. The second kappa shape index (κ2) is 6.37. The van der Waals surface area contributed by atoms with Crippen LogP contribution in [0.25, 0.3) is 16.5 Å². The molecule has 5 heteroatoms. The van der Waals surface area contributed by atoms with Crippen LogP contribution in [-0.2, 0) is 4.74 Å². The van der Waals surface area contributed by atoms with E-state index in [0.29, 0.717) is 13.2 Å². The maximum Gasteiger partial charge on any atom is 0.121 e. The number of rotatable bonds is 4. The van der Waals surface area contributed by atoms with Gasteiger partial charge in [-0.25, -0.2) is 0 Å². The van der Waals surface area contributed by atoms with E-state index in [9.17, 15) is 0 Å². The van der Waals surface area contributed by atoms with Crippen molar-refractivity contribution in [3.63, 3.8) is 0 Å². The zero-order chi connectivity index (χ0) is 14.5. The topological polar surface area (TPSA) is 62.3 Å². The lowest BCUT2D eigenvalue weighted by molar-refractivity contribution is 0.204. The van der Waals surface area contributed by atoms with Crippen LogP contribution >= 0.6 is 0 Å². The molecular weight excluding hydrogens is 264 g/mol. The van der Waals surface area contributed by atoms with Crippen molar-refractivity contribution < 1.29 is 4.74 Å². The van der Waals surface area contributed by atoms with Crippen molar-refractivity contribution in [1.29, 1.82) is 0 Å². The van der Waals surface area contributed by atoms with E-state index in [4.69, 9.17) is 4.74 Å². The molecule has 1 aliphatic rings. The summed E-state index contributed by atoms with van der Waals surface area (Å²) in [6, 6.07) is 8.12. The summed E-state index contributed by atoms with van der Waals surface area (Å²) in [6.07, 6.45) is 6.14. The van der Waals surface area contributed by atoms with Crippen molar-refractivity contribution in [3.8, 4) is 0 Å². The maximum atomic E-state index is 5.05. The third-order valence-corrected chi connectivity index (χ3v) is 3.31. The Hall–Kier alpha value is -2.40. The van der Waals surface area contributed by atoms with Crippen molar-refractivity contribution in [1.82, 2.24) is 15.5 Å². The fraction of sp³-hybridized carbons (Fsp3) is 0.250. The van der Waals surface area contributed by atoms with Gasteiger partial charge in [0, 0.05) is 24.6 Å². The van der Waals surface area contributed by atoms with Crippen molar-refractivity contribution >= 4 is 22.3 Å². The molecule has 5 nitrogen and oxygen atoms in total. The number of hydrogen-bond acceptors (Lipinski definition) is 4. The van der Waals surface area contributed by atoms with Crippen molar-refractivity contribution in [3.05, 3.63) is 48.2 Å². The maximum absolute atomic E-state index is 5.05. The molecule has 0 unspecified atom stereocenters.